The highest BCUT2D eigenvalue weighted by molar-refractivity contribution is 6.30. The molecule has 1 aromatic heterocycles. The van der Waals surface area contributed by atoms with E-state index >= 15 is 0 Å². The number of aryl methyl sites for hydroxylation is 1. The minimum Gasteiger partial charge on any atom is -0.300 e. The standard InChI is InChI=1S/C22H20ClNO/c1-15-10-19(12-18-8-6-17(7-9-18)11-16(2)25)13-22(24-15)20-4-3-5-21(23)14-20/h3-10,13-14H,11-12H2,1-2H3. The summed E-state index contributed by atoms with van der Waals surface area (Å²) in [6, 6.07) is 20.2. The molecule has 2 nitrogen and oxygen atoms in total. The molecule has 0 aliphatic heterocycles. The molecule has 0 radical (unpaired) electrons. The van der Waals surface area contributed by atoms with E-state index in [0.717, 1.165) is 28.9 Å². The van der Waals surface area contributed by atoms with Gasteiger partial charge in [-0.15, -0.1) is 0 Å². The van der Waals surface area contributed by atoms with E-state index < -0.39 is 0 Å². The zero-order valence-corrected chi connectivity index (χ0v) is 15.2. The maximum Gasteiger partial charge on any atom is 0.134 e. The van der Waals surface area contributed by atoms with Gasteiger partial charge in [0.1, 0.15) is 5.78 Å². The fourth-order valence-electron chi connectivity index (χ4n) is 2.94. The average Bonchev–Trinajstić information content (AvgIpc) is 2.56. The number of pyridine rings is 1. The molecule has 3 heteroatoms. The molecule has 126 valence electrons. The van der Waals surface area contributed by atoms with Crippen molar-refractivity contribution in [3.8, 4) is 11.3 Å². The number of ketones is 1. The van der Waals surface area contributed by atoms with Gasteiger partial charge in [-0.3, -0.25) is 9.78 Å². The van der Waals surface area contributed by atoms with Crippen LogP contribution in [-0.4, -0.2) is 10.8 Å². The molecule has 0 saturated heterocycles. The van der Waals surface area contributed by atoms with Gasteiger partial charge in [-0.2, -0.15) is 0 Å². The molecule has 3 aromatic rings. The third-order valence-electron chi connectivity index (χ3n) is 4.02. The van der Waals surface area contributed by atoms with Crippen LogP contribution in [0.3, 0.4) is 0 Å². The molecule has 25 heavy (non-hydrogen) atoms. The van der Waals surface area contributed by atoms with E-state index in [1.54, 1.807) is 6.92 Å². The highest BCUT2D eigenvalue weighted by atomic mass is 35.5. The summed E-state index contributed by atoms with van der Waals surface area (Å²) < 4.78 is 0. The largest absolute Gasteiger partial charge is 0.300 e. The molecular weight excluding hydrogens is 330 g/mol. The molecule has 3 rings (SSSR count). The van der Waals surface area contributed by atoms with E-state index in [0.29, 0.717) is 11.4 Å². The number of carbonyl (C=O) groups excluding carboxylic acids is 1. The van der Waals surface area contributed by atoms with Crippen molar-refractivity contribution in [3.05, 3.63) is 88.1 Å². The maximum absolute atomic E-state index is 11.2. The van der Waals surface area contributed by atoms with Crippen molar-refractivity contribution in [2.75, 3.05) is 0 Å². The molecule has 0 fully saturated rings. The summed E-state index contributed by atoms with van der Waals surface area (Å²) in [6.45, 7) is 3.62. The van der Waals surface area contributed by atoms with Crippen LogP contribution in [0.1, 0.15) is 29.3 Å². The Morgan fingerprint density at radius 2 is 1.68 bits per heavy atom. The molecule has 0 atom stereocenters. The zero-order valence-electron chi connectivity index (χ0n) is 14.4. The normalized spacial score (nSPS) is 10.7. The van der Waals surface area contributed by atoms with Crippen molar-refractivity contribution in [3.63, 3.8) is 0 Å². The highest BCUT2D eigenvalue weighted by Crippen LogP contribution is 2.23. The van der Waals surface area contributed by atoms with Gasteiger partial charge in [0.05, 0.1) is 5.69 Å². The minimum atomic E-state index is 0.184. The fourth-order valence-corrected chi connectivity index (χ4v) is 3.13. The van der Waals surface area contributed by atoms with Crippen LogP contribution in [0, 0.1) is 6.92 Å². The monoisotopic (exact) mass is 349 g/mol. The summed E-state index contributed by atoms with van der Waals surface area (Å²) in [5.74, 6) is 0.184. The van der Waals surface area contributed by atoms with Crippen molar-refractivity contribution in [1.82, 2.24) is 4.98 Å². The molecule has 2 aromatic carbocycles. The summed E-state index contributed by atoms with van der Waals surface area (Å²) in [6.07, 6.45) is 1.32. The first kappa shape index (κ1) is 17.4. The van der Waals surface area contributed by atoms with E-state index in [9.17, 15) is 4.79 Å². The second kappa shape index (κ2) is 7.62. The molecule has 0 amide bonds. The summed E-state index contributed by atoms with van der Waals surface area (Å²) in [7, 11) is 0. The van der Waals surface area contributed by atoms with Crippen LogP contribution in [0.2, 0.25) is 5.02 Å². The van der Waals surface area contributed by atoms with Gasteiger partial charge >= 0.3 is 0 Å². The smallest absolute Gasteiger partial charge is 0.134 e. The van der Waals surface area contributed by atoms with Crippen LogP contribution in [0.15, 0.2) is 60.7 Å². The molecule has 0 aliphatic rings. The molecule has 1 heterocycles. The van der Waals surface area contributed by atoms with Gasteiger partial charge in [-0.25, -0.2) is 0 Å². The predicted molar refractivity (Wildman–Crippen MR) is 103 cm³/mol. The lowest BCUT2D eigenvalue weighted by Gasteiger charge is -2.08. The summed E-state index contributed by atoms with van der Waals surface area (Å²) >= 11 is 6.10. The van der Waals surface area contributed by atoms with E-state index in [1.807, 2.05) is 43.3 Å². The number of aromatic nitrogens is 1. The van der Waals surface area contributed by atoms with Crippen LogP contribution < -0.4 is 0 Å². The van der Waals surface area contributed by atoms with Crippen molar-refractivity contribution in [2.45, 2.75) is 26.7 Å². The van der Waals surface area contributed by atoms with Gasteiger partial charge in [0, 0.05) is 22.7 Å². The van der Waals surface area contributed by atoms with Crippen LogP contribution in [0.25, 0.3) is 11.3 Å². The Bertz CT molecular complexity index is 900. The van der Waals surface area contributed by atoms with Crippen molar-refractivity contribution in [1.29, 1.82) is 0 Å². The molecular formula is C22H20ClNO. The number of rotatable bonds is 5. The lowest BCUT2D eigenvalue weighted by Crippen LogP contribution is -1.97. The zero-order chi connectivity index (χ0) is 17.8. The number of benzene rings is 2. The Balaban J connectivity index is 1.84. The summed E-state index contributed by atoms with van der Waals surface area (Å²) in [4.78, 5) is 15.8. The van der Waals surface area contributed by atoms with Gasteiger partial charge in [-0.1, -0.05) is 48.0 Å². The molecule has 0 unspecified atom stereocenters. The third-order valence-corrected chi connectivity index (χ3v) is 4.25. The lowest BCUT2D eigenvalue weighted by atomic mass is 10.0. The van der Waals surface area contributed by atoms with Crippen LogP contribution in [0.4, 0.5) is 0 Å². The molecule has 0 aliphatic carbocycles. The topological polar surface area (TPSA) is 30.0 Å². The molecule has 0 N–H and O–H groups in total. The van der Waals surface area contributed by atoms with Crippen molar-refractivity contribution < 1.29 is 4.79 Å². The summed E-state index contributed by atoms with van der Waals surface area (Å²) in [5.41, 5.74) is 6.43. The predicted octanol–water partition coefficient (Wildman–Crippen LogP) is 5.43. The quantitative estimate of drug-likeness (QED) is 0.614. The summed E-state index contributed by atoms with van der Waals surface area (Å²) in [5, 5.41) is 0.711. The van der Waals surface area contributed by atoms with Gasteiger partial charge in [0.25, 0.3) is 0 Å². The Morgan fingerprint density at radius 1 is 0.960 bits per heavy atom. The number of halogens is 1. The number of hydrogen-bond donors (Lipinski definition) is 0. The first-order chi connectivity index (χ1) is 12.0. The second-order valence-electron chi connectivity index (χ2n) is 6.38. The van der Waals surface area contributed by atoms with E-state index in [4.69, 9.17) is 11.6 Å². The Labute approximate surface area is 153 Å². The number of nitrogens with zero attached hydrogens (tertiary/aromatic N) is 1. The van der Waals surface area contributed by atoms with Gasteiger partial charge in [0.15, 0.2) is 0 Å². The molecule has 0 bridgehead atoms. The number of carbonyl (C=O) groups is 1. The van der Waals surface area contributed by atoms with Crippen molar-refractivity contribution >= 4 is 17.4 Å². The Morgan fingerprint density at radius 3 is 2.36 bits per heavy atom. The number of Topliss-reactive ketones (excluding diaryl/α,β-unsaturated/α-hetero) is 1. The first-order valence-corrected chi connectivity index (χ1v) is 8.68. The maximum atomic E-state index is 11.2. The van der Waals surface area contributed by atoms with E-state index in [2.05, 4.69) is 29.2 Å². The van der Waals surface area contributed by atoms with E-state index in [1.165, 1.54) is 11.1 Å². The SMILES string of the molecule is CC(=O)Cc1ccc(Cc2cc(C)nc(-c3cccc(Cl)c3)c2)cc1. The third kappa shape index (κ3) is 4.77. The van der Waals surface area contributed by atoms with Crippen molar-refractivity contribution in [2.24, 2.45) is 0 Å². The lowest BCUT2D eigenvalue weighted by molar-refractivity contribution is -0.116. The van der Waals surface area contributed by atoms with E-state index in [-0.39, 0.29) is 5.78 Å². The van der Waals surface area contributed by atoms with Gasteiger partial charge in [-0.05, 0) is 61.2 Å². The highest BCUT2D eigenvalue weighted by Gasteiger charge is 2.06. The van der Waals surface area contributed by atoms with Gasteiger partial charge < -0.3 is 0 Å². The van der Waals surface area contributed by atoms with Crippen LogP contribution in [0.5, 0.6) is 0 Å². The fraction of sp³-hybridized carbons (Fsp3) is 0.182. The van der Waals surface area contributed by atoms with Crippen LogP contribution >= 0.6 is 11.6 Å². The minimum absolute atomic E-state index is 0.184. The first-order valence-electron chi connectivity index (χ1n) is 8.30. The van der Waals surface area contributed by atoms with Crippen LogP contribution in [-0.2, 0) is 17.6 Å². The molecule has 0 spiro atoms. The van der Waals surface area contributed by atoms with Gasteiger partial charge in [0.2, 0.25) is 0 Å². The molecule has 0 saturated carbocycles. The second-order valence-corrected chi connectivity index (χ2v) is 6.82. The number of hydrogen-bond acceptors (Lipinski definition) is 2. The Hall–Kier alpha value is -2.45. The average molecular weight is 350 g/mol. The Kier molecular flexibility index (Phi) is 5.30.